The highest BCUT2D eigenvalue weighted by molar-refractivity contribution is 5.90. The first-order valence-corrected chi connectivity index (χ1v) is 8.97. The van der Waals surface area contributed by atoms with Gasteiger partial charge in [-0.25, -0.2) is 4.79 Å². The molecule has 3 aromatic rings. The van der Waals surface area contributed by atoms with Crippen LogP contribution in [0.1, 0.15) is 17.3 Å². The Morgan fingerprint density at radius 2 is 1.81 bits per heavy atom. The molecular weight excluding hydrogens is 342 g/mol. The lowest BCUT2D eigenvalue weighted by molar-refractivity contribution is 0.174. The molecule has 136 valence electrons. The third-order valence-electron chi connectivity index (χ3n) is 5.04. The maximum atomic E-state index is 13.1. The van der Waals surface area contributed by atoms with Crippen molar-refractivity contribution in [1.29, 1.82) is 0 Å². The fourth-order valence-electron chi connectivity index (χ4n) is 3.76. The normalized spacial score (nSPS) is 17.5. The summed E-state index contributed by atoms with van der Waals surface area (Å²) >= 11 is 0. The van der Waals surface area contributed by atoms with E-state index in [4.69, 9.17) is 9.47 Å². The van der Waals surface area contributed by atoms with E-state index < -0.39 is 0 Å². The van der Waals surface area contributed by atoms with Crippen molar-refractivity contribution in [3.8, 4) is 11.5 Å². The van der Waals surface area contributed by atoms with Crippen molar-refractivity contribution < 1.29 is 14.3 Å². The zero-order chi connectivity index (χ0) is 18.2. The molecule has 0 spiro atoms. The van der Waals surface area contributed by atoms with Crippen molar-refractivity contribution in [1.82, 2.24) is 9.47 Å². The van der Waals surface area contributed by atoms with Crippen LogP contribution in [0.25, 0.3) is 0 Å². The predicted molar refractivity (Wildman–Crippen MR) is 101 cm³/mol. The van der Waals surface area contributed by atoms with E-state index in [0.717, 1.165) is 17.8 Å². The van der Waals surface area contributed by atoms with Gasteiger partial charge in [0.2, 0.25) is 6.79 Å². The summed E-state index contributed by atoms with van der Waals surface area (Å²) in [5, 5.41) is 3.01. The summed E-state index contributed by atoms with van der Waals surface area (Å²) in [7, 11) is 0. The molecule has 0 saturated heterocycles. The Labute approximate surface area is 156 Å². The molecule has 0 saturated carbocycles. The zero-order valence-electron chi connectivity index (χ0n) is 14.7. The first-order valence-electron chi connectivity index (χ1n) is 8.97. The van der Waals surface area contributed by atoms with Crippen LogP contribution in [-0.4, -0.2) is 28.8 Å². The molecule has 1 N–H and O–H groups in total. The van der Waals surface area contributed by atoms with Gasteiger partial charge in [-0.1, -0.05) is 30.3 Å². The average molecular weight is 361 g/mol. The van der Waals surface area contributed by atoms with Crippen LogP contribution in [0.5, 0.6) is 11.5 Å². The third-order valence-corrected chi connectivity index (χ3v) is 5.04. The molecule has 0 radical (unpaired) electrons. The van der Waals surface area contributed by atoms with Crippen LogP contribution < -0.4 is 14.8 Å². The Morgan fingerprint density at radius 1 is 0.963 bits per heavy atom. The quantitative estimate of drug-likeness (QED) is 0.754. The maximum Gasteiger partial charge on any atom is 0.322 e. The molecule has 2 aliphatic heterocycles. The van der Waals surface area contributed by atoms with Crippen LogP contribution >= 0.6 is 0 Å². The van der Waals surface area contributed by atoms with E-state index in [1.807, 2.05) is 41.3 Å². The number of benzene rings is 2. The summed E-state index contributed by atoms with van der Waals surface area (Å²) in [6, 6.07) is 19.4. The van der Waals surface area contributed by atoms with Crippen LogP contribution in [0.2, 0.25) is 0 Å². The number of carbonyl (C=O) groups excluding carboxylic acids is 1. The number of hydrogen-bond donors (Lipinski definition) is 1. The predicted octanol–water partition coefficient (Wildman–Crippen LogP) is 3.85. The fourth-order valence-corrected chi connectivity index (χ4v) is 3.76. The van der Waals surface area contributed by atoms with Gasteiger partial charge in [-0.15, -0.1) is 0 Å². The minimum Gasteiger partial charge on any atom is -0.454 e. The number of rotatable bonds is 2. The molecule has 6 nitrogen and oxygen atoms in total. The first-order chi connectivity index (χ1) is 13.3. The van der Waals surface area contributed by atoms with Crippen LogP contribution in [-0.2, 0) is 6.54 Å². The van der Waals surface area contributed by atoms with Crippen molar-refractivity contribution in [3.63, 3.8) is 0 Å². The molecule has 0 unspecified atom stereocenters. The van der Waals surface area contributed by atoms with E-state index in [1.165, 1.54) is 0 Å². The Morgan fingerprint density at radius 3 is 2.70 bits per heavy atom. The molecule has 0 bridgehead atoms. The Balaban J connectivity index is 1.45. The smallest absolute Gasteiger partial charge is 0.322 e. The molecule has 6 heteroatoms. The lowest BCUT2D eigenvalue weighted by Crippen LogP contribution is -2.44. The Hall–Kier alpha value is -3.41. The molecule has 5 rings (SSSR count). The second-order valence-electron chi connectivity index (χ2n) is 6.63. The van der Waals surface area contributed by atoms with Gasteiger partial charge in [0.25, 0.3) is 0 Å². The number of nitrogens with one attached hydrogen (secondary N) is 1. The average Bonchev–Trinajstić information content (AvgIpc) is 3.36. The van der Waals surface area contributed by atoms with E-state index in [1.54, 1.807) is 6.07 Å². The van der Waals surface area contributed by atoms with E-state index in [0.29, 0.717) is 23.7 Å². The molecule has 27 heavy (non-hydrogen) atoms. The number of amides is 2. The van der Waals surface area contributed by atoms with Gasteiger partial charge in [0, 0.05) is 36.7 Å². The van der Waals surface area contributed by atoms with Crippen LogP contribution in [0.15, 0.2) is 66.9 Å². The summed E-state index contributed by atoms with van der Waals surface area (Å²) in [5.41, 5.74) is 2.91. The topological polar surface area (TPSA) is 55.7 Å². The number of ether oxygens (including phenoxy) is 2. The zero-order valence-corrected chi connectivity index (χ0v) is 14.7. The second-order valence-corrected chi connectivity index (χ2v) is 6.63. The first kappa shape index (κ1) is 15.8. The van der Waals surface area contributed by atoms with Crippen molar-refractivity contribution in [2.45, 2.75) is 12.6 Å². The second kappa shape index (κ2) is 6.39. The molecular formula is C21H19N3O3. The molecule has 1 aromatic heterocycles. The van der Waals surface area contributed by atoms with Gasteiger partial charge in [-0.2, -0.15) is 0 Å². The molecule has 2 aliphatic rings. The highest BCUT2D eigenvalue weighted by atomic mass is 16.7. The molecule has 3 heterocycles. The summed E-state index contributed by atoms with van der Waals surface area (Å²) in [6.45, 7) is 1.63. The highest BCUT2D eigenvalue weighted by Gasteiger charge is 2.32. The third kappa shape index (κ3) is 2.79. The Kier molecular flexibility index (Phi) is 3.74. The number of fused-ring (bicyclic) bond motifs is 2. The molecule has 0 aliphatic carbocycles. The van der Waals surface area contributed by atoms with E-state index in [2.05, 4.69) is 34.3 Å². The van der Waals surface area contributed by atoms with Gasteiger partial charge in [0.05, 0.1) is 6.04 Å². The maximum absolute atomic E-state index is 13.1. The number of aromatic nitrogens is 1. The van der Waals surface area contributed by atoms with Gasteiger partial charge >= 0.3 is 6.03 Å². The van der Waals surface area contributed by atoms with Crippen molar-refractivity contribution >= 4 is 11.7 Å². The standard InChI is InChI=1S/C21H19N3O3/c25-21(22-16-8-9-18-19(13-16)27-14-26-18)24-12-11-23-10-4-7-17(23)20(24)15-5-2-1-3-6-15/h1-10,13,20H,11-12,14H2,(H,22,25)/t20-/m0/s1. The molecule has 2 amide bonds. The number of urea groups is 1. The van der Waals surface area contributed by atoms with E-state index >= 15 is 0 Å². The van der Waals surface area contributed by atoms with Crippen LogP contribution in [0.3, 0.4) is 0 Å². The number of nitrogens with zero attached hydrogens (tertiary/aromatic N) is 2. The van der Waals surface area contributed by atoms with Gasteiger partial charge in [-0.05, 0) is 29.8 Å². The highest BCUT2D eigenvalue weighted by Crippen LogP contribution is 2.36. The van der Waals surface area contributed by atoms with E-state index in [-0.39, 0.29) is 18.9 Å². The SMILES string of the molecule is O=C(Nc1ccc2c(c1)OCO2)N1CCn2cccc2[C@@H]1c1ccccc1. The monoisotopic (exact) mass is 361 g/mol. The summed E-state index contributed by atoms with van der Waals surface area (Å²) in [6.07, 6.45) is 2.07. The summed E-state index contributed by atoms with van der Waals surface area (Å²) in [5.74, 6) is 1.35. The van der Waals surface area contributed by atoms with Crippen molar-refractivity contribution in [3.05, 3.63) is 78.1 Å². The number of carbonyl (C=O) groups is 1. The number of anilines is 1. The minimum absolute atomic E-state index is 0.121. The van der Waals surface area contributed by atoms with Gasteiger partial charge in [0.15, 0.2) is 11.5 Å². The Bertz CT molecular complexity index is 983. The van der Waals surface area contributed by atoms with E-state index in [9.17, 15) is 4.79 Å². The lowest BCUT2D eigenvalue weighted by atomic mass is 10.0. The summed E-state index contributed by atoms with van der Waals surface area (Å²) < 4.78 is 12.9. The van der Waals surface area contributed by atoms with Crippen molar-refractivity contribution in [2.24, 2.45) is 0 Å². The fraction of sp³-hybridized carbons (Fsp3) is 0.190. The van der Waals surface area contributed by atoms with Crippen molar-refractivity contribution in [2.75, 3.05) is 18.7 Å². The van der Waals surface area contributed by atoms with Crippen LogP contribution in [0.4, 0.5) is 10.5 Å². The lowest BCUT2D eigenvalue weighted by Gasteiger charge is -2.37. The van der Waals surface area contributed by atoms with Gasteiger partial charge < -0.3 is 24.3 Å². The number of hydrogen-bond acceptors (Lipinski definition) is 3. The minimum atomic E-state index is -0.129. The summed E-state index contributed by atoms with van der Waals surface area (Å²) in [4.78, 5) is 15.0. The van der Waals surface area contributed by atoms with Gasteiger partial charge in [0.1, 0.15) is 0 Å². The molecule has 0 fully saturated rings. The van der Waals surface area contributed by atoms with Crippen LogP contribution in [0, 0.1) is 0 Å². The molecule has 1 atom stereocenters. The largest absolute Gasteiger partial charge is 0.454 e. The molecule has 2 aromatic carbocycles. The van der Waals surface area contributed by atoms with Gasteiger partial charge in [-0.3, -0.25) is 0 Å².